The van der Waals surface area contributed by atoms with Gasteiger partial charge in [-0.15, -0.1) is 0 Å². The SMILES string of the molecule is C/C(=N\O)c1cccn1N(C(=N)N)C(=O)c1ccccc1. The average molecular weight is 285 g/mol. The normalized spacial score (nSPS) is 11.2. The van der Waals surface area contributed by atoms with E-state index in [1.165, 1.54) is 4.68 Å². The molecule has 0 aliphatic heterocycles. The lowest BCUT2D eigenvalue weighted by Crippen LogP contribution is -2.49. The standard InChI is InChI=1S/C14H15N5O2/c1-10(17-21)12-8-5-9-18(12)19(14(15)16)13(20)11-6-3-2-4-7-11/h2-9,21H,1H3,(H3,15,16)/b17-10+. The summed E-state index contributed by atoms with van der Waals surface area (Å²) in [5.74, 6) is -0.890. The highest BCUT2D eigenvalue weighted by atomic mass is 16.4. The fraction of sp³-hybridized carbons (Fsp3) is 0.0714. The van der Waals surface area contributed by atoms with Crippen molar-refractivity contribution < 1.29 is 10.0 Å². The maximum Gasteiger partial charge on any atom is 0.280 e. The molecule has 0 spiro atoms. The summed E-state index contributed by atoms with van der Waals surface area (Å²) in [6.45, 7) is 1.58. The molecular formula is C14H15N5O2. The molecule has 0 saturated heterocycles. The average Bonchev–Trinajstić information content (AvgIpc) is 2.96. The molecule has 1 aromatic heterocycles. The summed E-state index contributed by atoms with van der Waals surface area (Å²) in [6.07, 6.45) is 1.56. The van der Waals surface area contributed by atoms with Crippen LogP contribution in [0.3, 0.4) is 0 Å². The van der Waals surface area contributed by atoms with E-state index < -0.39 is 11.9 Å². The minimum Gasteiger partial charge on any atom is -0.411 e. The third kappa shape index (κ3) is 2.76. The third-order valence-corrected chi connectivity index (χ3v) is 2.91. The fourth-order valence-electron chi connectivity index (χ4n) is 1.91. The van der Waals surface area contributed by atoms with Crippen LogP contribution in [0.2, 0.25) is 0 Å². The third-order valence-electron chi connectivity index (χ3n) is 2.91. The van der Waals surface area contributed by atoms with Crippen molar-refractivity contribution in [2.45, 2.75) is 6.92 Å². The van der Waals surface area contributed by atoms with E-state index in [4.69, 9.17) is 16.4 Å². The molecule has 7 heteroatoms. The Bertz CT molecular complexity index is 690. The van der Waals surface area contributed by atoms with Crippen molar-refractivity contribution in [3.63, 3.8) is 0 Å². The largest absolute Gasteiger partial charge is 0.411 e. The molecular weight excluding hydrogens is 270 g/mol. The molecule has 108 valence electrons. The quantitative estimate of drug-likeness (QED) is 0.343. The van der Waals surface area contributed by atoms with Crippen LogP contribution in [0.25, 0.3) is 0 Å². The number of amides is 1. The molecule has 1 heterocycles. The van der Waals surface area contributed by atoms with E-state index in [-0.39, 0.29) is 0 Å². The smallest absolute Gasteiger partial charge is 0.280 e. The lowest BCUT2D eigenvalue weighted by Gasteiger charge is -2.23. The van der Waals surface area contributed by atoms with E-state index in [1.807, 2.05) is 0 Å². The van der Waals surface area contributed by atoms with Crippen LogP contribution in [0.4, 0.5) is 0 Å². The first-order valence-electron chi connectivity index (χ1n) is 6.16. The Morgan fingerprint density at radius 1 is 1.29 bits per heavy atom. The topological polar surface area (TPSA) is 108 Å². The second-order valence-electron chi connectivity index (χ2n) is 4.29. The maximum absolute atomic E-state index is 12.5. The second kappa shape index (κ2) is 5.91. The van der Waals surface area contributed by atoms with Crippen molar-refractivity contribution in [2.75, 3.05) is 5.01 Å². The van der Waals surface area contributed by atoms with Crippen LogP contribution < -0.4 is 10.7 Å². The number of nitrogens with one attached hydrogen (secondary N) is 1. The minimum absolute atomic E-state index is 0.298. The fourth-order valence-corrected chi connectivity index (χ4v) is 1.91. The number of carbonyl (C=O) groups is 1. The summed E-state index contributed by atoms with van der Waals surface area (Å²) in [5.41, 5.74) is 6.69. The first-order chi connectivity index (χ1) is 10.1. The van der Waals surface area contributed by atoms with E-state index in [0.29, 0.717) is 17.0 Å². The van der Waals surface area contributed by atoms with Gasteiger partial charge in [0.1, 0.15) is 5.71 Å². The summed E-state index contributed by atoms with van der Waals surface area (Å²) in [5, 5.41) is 20.7. The summed E-state index contributed by atoms with van der Waals surface area (Å²) >= 11 is 0. The van der Waals surface area contributed by atoms with Gasteiger partial charge in [0, 0.05) is 11.8 Å². The molecule has 21 heavy (non-hydrogen) atoms. The monoisotopic (exact) mass is 285 g/mol. The molecule has 0 unspecified atom stereocenters. The molecule has 0 saturated carbocycles. The van der Waals surface area contributed by atoms with Gasteiger partial charge in [0.05, 0.1) is 5.69 Å². The lowest BCUT2D eigenvalue weighted by molar-refractivity contribution is 0.0980. The summed E-state index contributed by atoms with van der Waals surface area (Å²) in [7, 11) is 0. The van der Waals surface area contributed by atoms with Crippen molar-refractivity contribution in [1.82, 2.24) is 4.68 Å². The van der Waals surface area contributed by atoms with Crippen molar-refractivity contribution in [1.29, 1.82) is 5.41 Å². The zero-order chi connectivity index (χ0) is 15.4. The van der Waals surface area contributed by atoms with Gasteiger partial charge >= 0.3 is 0 Å². The van der Waals surface area contributed by atoms with E-state index in [9.17, 15) is 4.79 Å². The van der Waals surface area contributed by atoms with Crippen LogP contribution in [-0.4, -0.2) is 27.5 Å². The Labute approximate surface area is 121 Å². The highest BCUT2D eigenvalue weighted by Crippen LogP contribution is 2.09. The number of benzene rings is 1. The van der Waals surface area contributed by atoms with Crippen molar-refractivity contribution >= 4 is 17.6 Å². The molecule has 0 radical (unpaired) electrons. The molecule has 0 bridgehead atoms. The molecule has 1 aromatic carbocycles. The first-order valence-corrected chi connectivity index (χ1v) is 6.16. The highest BCUT2D eigenvalue weighted by molar-refractivity contribution is 6.16. The van der Waals surface area contributed by atoms with Crippen LogP contribution in [-0.2, 0) is 0 Å². The Kier molecular flexibility index (Phi) is 4.03. The molecule has 0 fully saturated rings. The Morgan fingerprint density at radius 3 is 2.52 bits per heavy atom. The summed E-state index contributed by atoms with van der Waals surface area (Å²) in [4.78, 5) is 12.5. The molecule has 0 atom stereocenters. The van der Waals surface area contributed by atoms with Gasteiger partial charge in [-0.1, -0.05) is 23.4 Å². The van der Waals surface area contributed by atoms with Crippen molar-refractivity contribution in [2.24, 2.45) is 10.9 Å². The maximum atomic E-state index is 12.5. The van der Waals surface area contributed by atoms with E-state index in [1.54, 1.807) is 55.6 Å². The van der Waals surface area contributed by atoms with Crippen LogP contribution in [0.1, 0.15) is 23.0 Å². The highest BCUT2D eigenvalue weighted by Gasteiger charge is 2.22. The van der Waals surface area contributed by atoms with Crippen molar-refractivity contribution in [3.8, 4) is 0 Å². The van der Waals surface area contributed by atoms with Gasteiger partial charge in [0.25, 0.3) is 5.91 Å². The Hall–Kier alpha value is -3.09. The molecule has 1 amide bonds. The number of oxime groups is 1. The first kappa shape index (κ1) is 14.3. The van der Waals surface area contributed by atoms with Gasteiger partial charge in [0.2, 0.25) is 5.96 Å². The van der Waals surface area contributed by atoms with Crippen molar-refractivity contribution in [3.05, 3.63) is 59.9 Å². The molecule has 4 N–H and O–H groups in total. The van der Waals surface area contributed by atoms with E-state index in [2.05, 4.69) is 5.16 Å². The second-order valence-corrected chi connectivity index (χ2v) is 4.29. The number of aromatic nitrogens is 1. The number of guanidine groups is 1. The van der Waals surface area contributed by atoms with Gasteiger partial charge in [-0.25, -0.2) is 4.68 Å². The van der Waals surface area contributed by atoms with Gasteiger partial charge in [0.15, 0.2) is 0 Å². The number of nitrogens with zero attached hydrogens (tertiary/aromatic N) is 3. The lowest BCUT2D eigenvalue weighted by atomic mass is 10.2. The zero-order valence-electron chi connectivity index (χ0n) is 11.4. The van der Waals surface area contributed by atoms with Crippen LogP contribution in [0.15, 0.2) is 53.8 Å². The summed E-state index contributed by atoms with van der Waals surface area (Å²) in [6, 6.07) is 11.8. The predicted molar refractivity (Wildman–Crippen MR) is 79.3 cm³/mol. The van der Waals surface area contributed by atoms with Crippen LogP contribution in [0.5, 0.6) is 0 Å². The zero-order valence-corrected chi connectivity index (χ0v) is 11.4. The van der Waals surface area contributed by atoms with Gasteiger partial charge in [-0.2, -0.15) is 5.01 Å². The van der Waals surface area contributed by atoms with Gasteiger partial charge in [-0.3, -0.25) is 10.2 Å². The Morgan fingerprint density at radius 2 is 1.95 bits per heavy atom. The molecule has 0 aliphatic carbocycles. The van der Waals surface area contributed by atoms with Crippen LogP contribution in [0, 0.1) is 5.41 Å². The molecule has 7 nitrogen and oxygen atoms in total. The summed E-state index contributed by atoms with van der Waals surface area (Å²) < 4.78 is 1.37. The Balaban J connectivity index is 2.49. The van der Waals surface area contributed by atoms with Gasteiger partial charge < -0.3 is 10.9 Å². The van der Waals surface area contributed by atoms with E-state index >= 15 is 0 Å². The van der Waals surface area contributed by atoms with E-state index in [0.717, 1.165) is 5.01 Å². The molecule has 0 aliphatic rings. The van der Waals surface area contributed by atoms with Gasteiger partial charge in [-0.05, 0) is 31.2 Å². The molecule has 2 rings (SSSR count). The minimum atomic E-state index is -0.453. The number of rotatable bonds is 3. The number of hydrogen-bond acceptors (Lipinski definition) is 4. The predicted octanol–water partition coefficient (Wildman–Crippen LogP) is 1.36. The number of nitrogens with two attached hydrogens (primary N) is 1. The molecule has 2 aromatic rings. The number of carbonyl (C=O) groups excluding carboxylic acids is 1. The van der Waals surface area contributed by atoms with Crippen LogP contribution >= 0.6 is 0 Å². The number of hydrogen-bond donors (Lipinski definition) is 3.